The molecule has 3 rings (SSSR count). The van der Waals surface area contributed by atoms with Gasteiger partial charge in [-0.15, -0.1) is 0 Å². The van der Waals surface area contributed by atoms with Crippen LogP contribution in [0.2, 0.25) is 0 Å². The van der Waals surface area contributed by atoms with E-state index in [4.69, 9.17) is 9.47 Å². The molecule has 1 aliphatic heterocycles. The van der Waals surface area contributed by atoms with Crippen LogP contribution in [0.1, 0.15) is 45.1 Å². The van der Waals surface area contributed by atoms with E-state index in [0.29, 0.717) is 24.2 Å². The first kappa shape index (κ1) is 20.8. The molecule has 0 bridgehead atoms. The van der Waals surface area contributed by atoms with E-state index in [1.54, 1.807) is 7.11 Å². The number of rotatable bonds is 5. The van der Waals surface area contributed by atoms with Crippen molar-refractivity contribution in [2.45, 2.75) is 39.5 Å². The molecule has 0 saturated heterocycles. The van der Waals surface area contributed by atoms with E-state index in [1.165, 1.54) is 0 Å². The highest BCUT2D eigenvalue weighted by atomic mass is 79.9. The predicted octanol–water partition coefficient (Wildman–Crippen LogP) is 4.24. The lowest BCUT2D eigenvalue weighted by Crippen LogP contribution is -2.38. The number of hydrogen-bond acceptors (Lipinski definition) is 5. The third kappa shape index (κ3) is 4.23. The summed E-state index contributed by atoms with van der Waals surface area (Å²) in [6.45, 7) is 6.56. The van der Waals surface area contributed by atoms with Gasteiger partial charge in [0.2, 0.25) is 0 Å². The van der Waals surface area contributed by atoms with Crippen molar-refractivity contribution >= 4 is 27.7 Å². The molecule has 0 spiro atoms. The van der Waals surface area contributed by atoms with Crippen molar-refractivity contribution in [3.8, 4) is 0 Å². The molecule has 0 saturated carbocycles. The van der Waals surface area contributed by atoms with E-state index < -0.39 is 11.9 Å². The molecule has 1 aromatic rings. The molecule has 0 fully saturated rings. The lowest BCUT2D eigenvalue weighted by atomic mass is 9.68. The number of carbonyl (C=O) groups excluding carboxylic acids is 2. The smallest absolute Gasteiger partial charge is 0.336 e. The van der Waals surface area contributed by atoms with Gasteiger partial charge in [0.15, 0.2) is 5.78 Å². The van der Waals surface area contributed by atoms with Crippen LogP contribution in [-0.2, 0) is 19.1 Å². The minimum atomic E-state index is -0.428. The Balaban J connectivity index is 2.07. The Bertz CT molecular complexity index is 852. The molecule has 0 unspecified atom stereocenters. The number of dihydropyridines is 1. The predicted molar refractivity (Wildman–Crippen MR) is 111 cm³/mol. The lowest BCUT2D eigenvalue weighted by molar-refractivity contribution is -0.140. The Hall–Kier alpha value is -1.92. The minimum Gasteiger partial charge on any atom is -0.460 e. The van der Waals surface area contributed by atoms with Crippen LogP contribution < -0.4 is 5.32 Å². The van der Waals surface area contributed by atoms with Crippen LogP contribution in [0.15, 0.2) is 51.3 Å². The molecule has 0 amide bonds. The molecular formula is C22H26BrNO4. The summed E-state index contributed by atoms with van der Waals surface area (Å²) in [5.41, 5.74) is 3.63. The number of esters is 1. The van der Waals surface area contributed by atoms with Gasteiger partial charge in [0, 0.05) is 40.9 Å². The van der Waals surface area contributed by atoms with Crippen LogP contribution >= 0.6 is 15.9 Å². The maximum atomic E-state index is 13.1. The number of hydrogen-bond donors (Lipinski definition) is 1. The minimum absolute atomic E-state index is 0.0846. The molecule has 0 radical (unpaired) electrons. The van der Waals surface area contributed by atoms with Crippen LogP contribution in [-0.4, -0.2) is 32.1 Å². The van der Waals surface area contributed by atoms with Gasteiger partial charge < -0.3 is 14.8 Å². The topological polar surface area (TPSA) is 64.6 Å². The highest BCUT2D eigenvalue weighted by Gasteiger charge is 2.43. The first-order chi connectivity index (χ1) is 13.2. The second-order valence-electron chi connectivity index (χ2n) is 8.11. The summed E-state index contributed by atoms with van der Waals surface area (Å²) in [6.07, 6.45) is 1.23. The first-order valence-electron chi connectivity index (χ1n) is 9.39. The molecule has 1 aromatic carbocycles. The Morgan fingerprint density at radius 1 is 1.21 bits per heavy atom. The monoisotopic (exact) mass is 447 g/mol. The van der Waals surface area contributed by atoms with Gasteiger partial charge in [0.25, 0.3) is 0 Å². The van der Waals surface area contributed by atoms with Gasteiger partial charge in [-0.2, -0.15) is 0 Å². The normalized spacial score (nSPS) is 21.3. The molecule has 5 nitrogen and oxygen atoms in total. The van der Waals surface area contributed by atoms with Crippen LogP contribution in [0.4, 0.5) is 0 Å². The summed E-state index contributed by atoms with van der Waals surface area (Å²) in [5.74, 6) is -0.761. The van der Waals surface area contributed by atoms with Crippen LogP contribution in [0.25, 0.3) is 0 Å². The lowest BCUT2D eigenvalue weighted by Gasteiger charge is -2.39. The third-order valence-corrected chi connectivity index (χ3v) is 5.71. The Morgan fingerprint density at radius 3 is 2.54 bits per heavy atom. The fraction of sp³-hybridized carbons (Fsp3) is 0.455. The van der Waals surface area contributed by atoms with Crippen molar-refractivity contribution in [2.24, 2.45) is 5.41 Å². The van der Waals surface area contributed by atoms with Gasteiger partial charge in [-0.1, -0.05) is 41.9 Å². The van der Waals surface area contributed by atoms with Crippen molar-refractivity contribution in [2.75, 3.05) is 20.3 Å². The number of methoxy groups -OCH3 is 1. The Labute approximate surface area is 174 Å². The molecule has 1 aliphatic carbocycles. The standard InChI is InChI=1S/C22H26BrNO4/c1-13-18(21(26)28-10-9-27-4)19(14-5-7-15(23)8-6-14)20-16(24-13)11-22(2,3)12-17(20)25/h5-8,19,24H,9-12H2,1-4H3/t19-/m1/s1. The second-order valence-corrected chi connectivity index (χ2v) is 9.03. The summed E-state index contributed by atoms with van der Waals surface area (Å²) in [4.78, 5) is 26.1. The zero-order chi connectivity index (χ0) is 20.5. The first-order valence-corrected chi connectivity index (χ1v) is 10.2. The fourth-order valence-corrected chi connectivity index (χ4v) is 4.25. The number of ether oxygens (including phenoxy) is 2. The number of carbonyl (C=O) groups is 2. The Morgan fingerprint density at radius 2 is 1.89 bits per heavy atom. The highest BCUT2D eigenvalue weighted by molar-refractivity contribution is 9.10. The maximum Gasteiger partial charge on any atom is 0.336 e. The molecular weight excluding hydrogens is 422 g/mol. The summed E-state index contributed by atoms with van der Waals surface area (Å²) in [6, 6.07) is 7.76. The highest BCUT2D eigenvalue weighted by Crippen LogP contribution is 2.46. The van der Waals surface area contributed by atoms with Gasteiger partial charge in [0.05, 0.1) is 12.2 Å². The van der Waals surface area contributed by atoms with E-state index in [2.05, 4.69) is 35.1 Å². The van der Waals surface area contributed by atoms with Crippen molar-refractivity contribution in [3.05, 3.63) is 56.8 Å². The number of halogens is 1. The van der Waals surface area contributed by atoms with E-state index in [1.807, 2.05) is 31.2 Å². The van der Waals surface area contributed by atoms with Crippen molar-refractivity contribution in [3.63, 3.8) is 0 Å². The maximum absolute atomic E-state index is 13.1. The average Bonchev–Trinajstić information content (AvgIpc) is 2.60. The molecule has 1 atom stereocenters. The summed E-state index contributed by atoms with van der Waals surface area (Å²) in [7, 11) is 1.56. The molecule has 1 N–H and O–H groups in total. The van der Waals surface area contributed by atoms with E-state index >= 15 is 0 Å². The summed E-state index contributed by atoms with van der Waals surface area (Å²) in [5, 5.41) is 3.33. The van der Waals surface area contributed by atoms with Crippen molar-refractivity contribution in [1.82, 2.24) is 5.32 Å². The molecule has 2 aliphatic rings. The number of ketones is 1. The van der Waals surface area contributed by atoms with Gasteiger partial charge >= 0.3 is 5.97 Å². The quantitative estimate of drug-likeness (QED) is 0.539. The van der Waals surface area contributed by atoms with Crippen molar-refractivity contribution in [1.29, 1.82) is 0 Å². The van der Waals surface area contributed by atoms with Gasteiger partial charge in [0.1, 0.15) is 6.61 Å². The largest absolute Gasteiger partial charge is 0.460 e. The number of nitrogens with one attached hydrogen (secondary N) is 1. The van der Waals surface area contributed by atoms with Gasteiger partial charge in [-0.25, -0.2) is 4.79 Å². The van der Waals surface area contributed by atoms with Crippen LogP contribution in [0, 0.1) is 5.41 Å². The molecule has 1 heterocycles. The summed E-state index contributed by atoms with van der Waals surface area (Å²) >= 11 is 3.45. The van der Waals surface area contributed by atoms with E-state index in [9.17, 15) is 9.59 Å². The SMILES string of the molecule is COCCOC(=O)C1=C(C)NC2=C(C(=O)CC(C)(C)C2)[C@@H]1c1ccc(Br)cc1. The molecule has 0 aromatic heterocycles. The Kier molecular flexibility index (Phi) is 6.10. The van der Waals surface area contributed by atoms with E-state index in [0.717, 1.165) is 27.9 Å². The van der Waals surface area contributed by atoms with Gasteiger partial charge in [-0.3, -0.25) is 4.79 Å². The average molecular weight is 448 g/mol. The van der Waals surface area contributed by atoms with E-state index in [-0.39, 0.29) is 17.8 Å². The number of benzene rings is 1. The van der Waals surface area contributed by atoms with Crippen LogP contribution in [0.5, 0.6) is 0 Å². The molecule has 28 heavy (non-hydrogen) atoms. The molecule has 150 valence electrons. The number of Topliss-reactive ketones (excluding diaryl/α,β-unsaturated/α-hetero) is 1. The molecule has 6 heteroatoms. The zero-order valence-corrected chi connectivity index (χ0v) is 18.3. The van der Waals surface area contributed by atoms with Crippen molar-refractivity contribution < 1.29 is 19.1 Å². The number of allylic oxidation sites excluding steroid dienone is 3. The zero-order valence-electron chi connectivity index (χ0n) is 16.7. The summed E-state index contributed by atoms with van der Waals surface area (Å²) < 4.78 is 11.3. The van der Waals surface area contributed by atoms with Gasteiger partial charge in [-0.05, 0) is 36.5 Å². The fourth-order valence-electron chi connectivity index (χ4n) is 3.99. The third-order valence-electron chi connectivity index (χ3n) is 5.18. The van der Waals surface area contributed by atoms with Crippen LogP contribution in [0.3, 0.4) is 0 Å². The second kappa shape index (κ2) is 8.21.